The highest BCUT2D eigenvalue weighted by molar-refractivity contribution is 6.23. The molecule has 49 heavy (non-hydrogen) atoms. The van der Waals surface area contributed by atoms with Crippen molar-refractivity contribution in [3.8, 4) is 44.5 Å². The maximum Gasteiger partial charge on any atom is 0.0159 e. The van der Waals surface area contributed by atoms with Crippen LogP contribution in [0.25, 0.3) is 87.6 Å². The van der Waals surface area contributed by atoms with Crippen molar-refractivity contribution in [2.45, 2.75) is 19.3 Å². The zero-order valence-electron chi connectivity index (χ0n) is 27.7. The summed E-state index contributed by atoms with van der Waals surface area (Å²) in [6.45, 7) is 4.71. The van der Waals surface area contributed by atoms with Crippen molar-refractivity contribution >= 4 is 43.1 Å². The van der Waals surface area contributed by atoms with Crippen LogP contribution in [0.4, 0.5) is 0 Å². The Morgan fingerprint density at radius 2 is 0.796 bits per heavy atom. The van der Waals surface area contributed by atoms with Crippen LogP contribution in [0.3, 0.4) is 0 Å². The molecular weight excluding hydrogens is 589 g/mol. The molecule has 0 bridgehead atoms. The summed E-state index contributed by atoms with van der Waals surface area (Å²) in [5.41, 5.74) is 13.2. The number of rotatable bonds is 3. The van der Waals surface area contributed by atoms with Crippen molar-refractivity contribution in [3.05, 3.63) is 181 Å². The van der Waals surface area contributed by atoms with Gasteiger partial charge in [-0.3, -0.25) is 0 Å². The van der Waals surface area contributed by atoms with Gasteiger partial charge in [0.25, 0.3) is 0 Å². The first-order valence-corrected chi connectivity index (χ1v) is 17.3. The quantitative estimate of drug-likeness (QED) is 0.172. The van der Waals surface area contributed by atoms with Gasteiger partial charge in [-0.25, -0.2) is 0 Å². The predicted octanol–water partition coefficient (Wildman–Crippen LogP) is 13.6. The molecule has 0 fully saturated rings. The SMILES string of the molecule is CC1(C)c2ccccc2-c2ccc(-c3ccc4cc(-c5c6ccccc6c(-c6cccc7ccccc67)c6ccccc56)ccc4c3)cc21. The Kier molecular flexibility index (Phi) is 6.02. The van der Waals surface area contributed by atoms with E-state index in [1.165, 1.54) is 98.7 Å². The minimum absolute atomic E-state index is 0.0115. The van der Waals surface area contributed by atoms with E-state index in [9.17, 15) is 0 Å². The van der Waals surface area contributed by atoms with Crippen LogP contribution in [-0.4, -0.2) is 0 Å². The molecule has 0 nitrogen and oxygen atoms in total. The number of hydrogen-bond acceptors (Lipinski definition) is 0. The molecule has 0 radical (unpaired) electrons. The maximum absolute atomic E-state index is 2.42. The smallest absolute Gasteiger partial charge is 0.0159 e. The lowest BCUT2D eigenvalue weighted by Crippen LogP contribution is -2.14. The maximum atomic E-state index is 2.42. The van der Waals surface area contributed by atoms with E-state index in [0.717, 1.165) is 0 Å². The largest absolute Gasteiger partial charge is 0.0619 e. The topological polar surface area (TPSA) is 0 Å². The zero-order chi connectivity index (χ0) is 32.7. The highest BCUT2D eigenvalue weighted by Crippen LogP contribution is 2.50. The molecule has 0 spiro atoms. The number of benzene rings is 9. The zero-order valence-corrected chi connectivity index (χ0v) is 27.7. The van der Waals surface area contributed by atoms with Gasteiger partial charge >= 0.3 is 0 Å². The minimum atomic E-state index is -0.0115. The van der Waals surface area contributed by atoms with Crippen LogP contribution in [0.15, 0.2) is 170 Å². The van der Waals surface area contributed by atoms with E-state index in [-0.39, 0.29) is 5.41 Å². The third-order valence-corrected chi connectivity index (χ3v) is 11.0. The average molecular weight is 623 g/mol. The van der Waals surface area contributed by atoms with Gasteiger partial charge in [-0.2, -0.15) is 0 Å². The Hall–Kier alpha value is -5.98. The fourth-order valence-corrected chi connectivity index (χ4v) is 8.64. The van der Waals surface area contributed by atoms with E-state index in [1.807, 2.05) is 0 Å². The van der Waals surface area contributed by atoms with Crippen LogP contribution < -0.4 is 0 Å². The first-order chi connectivity index (χ1) is 24.1. The minimum Gasteiger partial charge on any atom is -0.0619 e. The molecule has 9 aromatic carbocycles. The molecule has 230 valence electrons. The second-order valence-electron chi connectivity index (χ2n) is 14.1. The van der Waals surface area contributed by atoms with Crippen LogP contribution in [0.2, 0.25) is 0 Å². The monoisotopic (exact) mass is 622 g/mol. The fourth-order valence-electron chi connectivity index (χ4n) is 8.64. The molecule has 0 unspecified atom stereocenters. The van der Waals surface area contributed by atoms with Gasteiger partial charge in [0.1, 0.15) is 0 Å². The predicted molar refractivity (Wildman–Crippen MR) is 210 cm³/mol. The highest BCUT2D eigenvalue weighted by atomic mass is 14.4. The summed E-state index contributed by atoms with van der Waals surface area (Å²) < 4.78 is 0. The third kappa shape index (κ3) is 4.17. The van der Waals surface area contributed by atoms with Gasteiger partial charge in [-0.1, -0.05) is 166 Å². The van der Waals surface area contributed by atoms with Crippen LogP contribution in [0, 0.1) is 0 Å². The molecule has 0 N–H and O–H groups in total. The van der Waals surface area contributed by atoms with Gasteiger partial charge in [0.05, 0.1) is 0 Å². The lowest BCUT2D eigenvalue weighted by atomic mass is 9.81. The fraction of sp³-hybridized carbons (Fsp3) is 0.0612. The van der Waals surface area contributed by atoms with E-state index in [2.05, 4.69) is 184 Å². The van der Waals surface area contributed by atoms with Crippen LogP contribution in [0.5, 0.6) is 0 Å². The number of hydrogen-bond donors (Lipinski definition) is 0. The molecule has 0 atom stereocenters. The van der Waals surface area contributed by atoms with Crippen molar-refractivity contribution in [1.29, 1.82) is 0 Å². The van der Waals surface area contributed by atoms with Gasteiger partial charge < -0.3 is 0 Å². The summed E-state index contributed by atoms with van der Waals surface area (Å²) in [4.78, 5) is 0. The lowest BCUT2D eigenvalue weighted by molar-refractivity contribution is 0.660. The van der Waals surface area contributed by atoms with E-state index >= 15 is 0 Å². The van der Waals surface area contributed by atoms with Crippen LogP contribution in [-0.2, 0) is 5.41 Å². The molecule has 0 aromatic heterocycles. The van der Waals surface area contributed by atoms with E-state index in [0.29, 0.717) is 0 Å². The molecule has 1 aliphatic rings. The standard InChI is InChI=1S/C49H34/c1-49(2)45-21-10-9-15-38(45)39-27-26-35(30-46(39)49)33-22-23-34-29-36(25-24-32(34)28-33)47-41-16-5-7-18-43(41)48(44-19-8-6-17-42(44)47)40-20-11-13-31-12-3-4-14-37(31)40/h3-30H,1-2H3. The Morgan fingerprint density at radius 3 is 1.53 bits per heavy atom. The van der Waals surface area contributed by atoms with E-state index < -0.39 is 0 Å². The van der Waals surface area contributed by atoms with Crippen molar-refractivity contribution in [2.75, 3.05) is 0 Å². The summed E-state index contributed by atoms with van der Waals surface area (Å²) in [6, 6.07) is 63.2. The van der Waals surface area contributed by atoms with Crippen LogP contribution >= 0.6 is 0 Å². The summed E-state index contributed by atoms with van der Waals surface area (Å²) in [6.07, 6.45) is 0. The second kappa shape index (κ2) is 10.5. The molecule has 0 heterocycles. The first-order valence-electron chi connectivity index (χ1n) is 17.3. The van der Waals surface area contributed by atoms with E-state index in [1.54, 1.807) is 0 Å². The second-order valence-corrected chi connectivity index (χ2v) is 14.1. The summed E-state index contributed by atoms with van der Waals surface area (Å²) in [5.74, 6) is 0. The summed E-state index contributed by atoms with van der Waals surface area (Å²) in [7, 11) is 0. The normalized spacial score (nSPS) is 13.3. The van der Waals surface area contributed by atoms with Gasteiger partial charge in [-0.05, 0) is 117 Å². The Labute approximate surface area is 286 Å². The van der Waals surface area contributed by atoms with Crippen molar-refractivity contribution in [2.24, 2.45) is 0 Å². The molecule has 0 saturated heterocycles. The Morgan fingerprint density at radius 1 is 0.306 bits per heavy atom. The van der Waals surface area contributed by atoms with Gasteiger partial charge in [-0.15, -0.1) is 0 Å². The molecule has 10 rings (SSSR count). The Bertz CT molecular complexity index is 2730. The van der Waals surface area contributed by atoms with Crippen molar-refractivity contribution < 1.29 is 0 Å². The lowest BCUT2D eigenvalue weighted by Gasteiger charge is -2.22. The van der Waals surface area contributed by atoms with Gasteiger partial charge in [0.2, 0.25) is 0 Å². The van der Waals surface area contributed by atoms with Gasteiger partial charge in [0.15, 0.2) is 0 Å². The summed E-state index contributed by atoms with van der Waals surface area (Å²) >= 11 is 0. The highest BCUT2D eigenvalue weighted by Gasteiger charge is 2.35. The molecule has 0 saturated carbocycles. The molecular formula is C49H34. The van der Waals surface area contributed by atoms with Gasteiger partial charge in [0, 0.05) is 5.41 Å². The molecule has 1 aliphatic carbocycles. The van der Waals surface area contributed by atoms with Crippen molar-refractivity contribution in [3.63, 3.8) is 0 Å². The third-order valence-electron chi connectivity index (χ3n) is 11.0. The van der Waals surface area contributed by atoms with Crippen LogP contribution in [0.1, 0.15) is 25.0 Å². The molecule has 0 amide bonds. The Balaban J connectivity index is 1.13. The molecule has 0 heteroatoms. The summed E-state index contributed by atoms with van der Waals surface area (Å²) in [5, 5.41) is 10.2. The molecule has 0 aliphatic heterocycles. The first kappa shape index (κ1) is 28.1. The molecule has 9 aromatic rings. The van der Waals surface area contributed by atoms with Crippen molar-refractivity contribution in [1.82, 2.24) is 0 Å². The van der Waals surface area contributed by atoms with E-state index in [4.69, 9.17) is 0 Å². The number of fused-ring (bicyclic) bond motifs is 7. The average Bonchev–Trinajstić information content (AvgIpc) is 3.38.